The summed E-state index contributed by atoms with van der Waals surface area (Å²) in [5.41, 5.74) is 1.21. The molecule has 3 rings (SSSR count). The summed E-state index contributed by atoms with van der Waals surface area (Å²) in [4.78, 5) is 4.50. The zero-order valence-electron chi connectivity index (χ0n) is 7.04. The lowest BCUT2D eigenvalue weighted by atomic mass is 10.1. The van der Waals surface area contributed by atoms with E-state index >= 15 is 0 Å². The number of nitrogens with zero attached hydrogens (tertiary/aromatic N) is 1. The summed E-state index contributed by atoms with van der Waals surface area (Å²) < 4.78 is 5.69. The molecule has 2 fully saturated rings. The summed E-state index contributed by atoms with van der Waals surface area (Å²) in [7, 11) is 0. The van der Waals surface area contributed by atoms with Crippen LogP contribution in [-0.4, -0.2) is 11.1 Å². The van der Waals surface area contributed by atoms with Gasteiger partial charge in [-0.3, -0.25) is 0 Å². The van der Waals surface area contributed by atoms with Gasteiger partial charge in [0.05, 0.1) is 6.10 Å². The normalized spacial score (nSPS) is 38.2. The maximum Gasteiger partial charge on any atom is 0.146 e. The van der Waals surface area contributed by atoms with Crippen LogP contribution in [0.5, 0.6) is 0 Å². The molecule has 2 unspecified atom stereocenters. The van der Waals surface area contributed by atoms with Crippen molar-refractivity contribution in [3.8, 4) is 0 Å². The minimum Gasteiger partial charge on any atom is -0.358 e. The zero-order chi connectivity index (χ0) is 8.18. The number of aromatic nitrogens is 1. The van der Waals surface area contributed by atoms with Crippen LogP contribution >= 0.6 is 11.3 Å². The van der Waals surface area contributed by atoms with Gasteiger partial charge in [0, 0.05) is 11.1 Å². The Balaban J connectivity index is 1.99. The summed E-state index contributed by atoms with van der Waals surface area (Å²) in [5, 5.41) is 3.32. The quantitative estimate of drug-likeness (QED) is 0.621. The van der Waals surface area contributed by atoms with E-state index in [1.54, 1.807) is 11.3 Å². The Hall–Kier alpha value is -0.410. The van der Waals surface area contributed by atoms with Gasteiger partial charge >= 0.3 is 0 Å². The minimum atomic E-state index is 0.0823. The first-order chi connectivity index (χ1) is 5.81. The topological polar surface area (TPSA) is 25.4 Å². The molecule has 64 valence electrons. The standard InChI is InChI=1S/C9H11NOS/c1-6-5-12-8(10-6)9-4-2-3-7(9)11-9/h5,7H,2-4H2,1H3. The summed E-state index contributed by atoms with van der Waals surface area (Å²) in [6.07, 6.45) is 4.23. The average Bonchev–Trinajstić information content (AvgIpc) is 2.50. The molecule has 0 spiro atoms. The molecule has 1 saturated carbocycles. The third kappa shape index (κ3) is 0.756. The first-order valence-electron chi connectivity index (χ1n) is 4.42. The molecule has 1 saturated heterocycles. The molecule has 2 nitrogen and oxygen atoms in total. The molecule has 2 heterocycles. The van der Waals surface area contributed by atoms with Crippen LogP contribution in [0.4, 0.5) is 0 Å². The van der Waals surface area contributed by atoms with Crippen molar-refractivity contribution >= 4 is 11.3 Å². The van der Waals surface area contributed by atoms with E-state index in [-0.39, 0.29) is 5.60 Å². The van der Waals surface area contributed by atoms with Gasteiger partial charge in [0.25, 0.3) is 0 Å². The summed E-state index contributed by atoms with van der Waals surface area (Å²) in [5.74, 6) is 0. The van der Waals surface area contributed by atoms with Crippen molar-refractivity contribution in [3.05, 3.63) is 16.1 Å². The number of aryl methyl sites for hydroxylation is 1. The highest BCUT2D eigenvalue weighted by Crippen LogP contribution is 2.57. The van der Waals surface area contributed by atoms with Gasteiger partial charge in [-0.05, 0) is 26.2 Å². The molecule has 12 heavy (non-hydrogen) atoms. The first-order valence-corrected chi connectivity index (χ1v) is 5.30. The number of rotatable bonds is 1. The van der Waals surface area contributed by atoms with Crippen molar-refractivity contribution < 1.29 is 4.74 Å². The molecule has 1 aliphatic heterocycles. The van der Waals surface area contributed by atoms with Crippen LogP contribution in [0.25, 0.3) is 0 Å². The lowest BCUT2D eigenvalue weighted by molar-refractivity contribution is 0.253. The smallest absolute Gasteiger partial charge is 0.146 e. The van der Waals surface area contributed by atoms with Gasteiger partial charge in [-0.2, -0.15) is 0 Å². The molecule has 1 aliphatic carbocycles. The van der Waals surface area contributed by atoms with Gasteiger partial charge in [0.1, 0.15) is 10.6 Å². The van der Waals surface area contributed by atoms with Gasteiger partial charge in [-0.15, -0.1) is 11.3 Å². The predicted octanol–water partition coefficient (Wildman–Crippen LogP) is 2.23. The third-order valence-corrected chi connectivity index (χ3v) is 3.93. The highest BCUT2D eigenvalue weighted by atomic mass is 32.1. The lowest BCUT2D eigenvalue weighted by Crippen LogP contribution is -2.06. The fourth-order valence-corrected chi connectivity index (χ4v) is 3.14. The van der Waals surface area contributed by atoms with E-state index in [4.69, 9.17) is 4.74 Å². The summed E-state index contributed by atoms with van der Waals surface area (Å²) in [6, 6.07) is 0. The van der Waals surface area contributed by atoms with Crippen LogP contribution in [0.3, 0.4) is 0 Å². The van der Waals surface area contributed by atoms with Gasteiger partial charge in [0.2, 0.25) is 0 Å². The monoisotopic (exact) mass is 181 g/mol. The molecule has 0 radical (unpaired) electrons. The second-order valence-electron chi connectivity index (χ2n) is 3.68. The average molecular weight is 181 g/mol. The Morgan fingerprint density at radius 2 is 2.67 bits per heavy atom. The Kier molecular flexibility index (Phi) is 1.23. The van der Waals surface area contributed by atoms with E-state index in [2.05, 4.69) is 10.4 Å². The van der Waals surface area contributed by atoms with Crippen molar-refractivity contribution in [2.24, 2.45) is 0 Å². The highest BCUT2D eigenvalue weighted by Gasteiger charge is 2.62. The maximum absolute atomic E-state index is 5.69. The minimum absolute atomic E-state index is 0.0823. The SMILES string of the molecule is Cc1csc(C23CCCC2O3)n1. The molecule has 1 aromatic rings. The van der Waals surface area contributed by atoms with Crippen molar-refractivity contribution in [3.63, 3.8) is 0 Å². The molecule has 3 heteroatoms. The van der Waals surface area contributed by atoms with E-state index in [0.717, 1.165) is 5.69 Å². The second-order valence-corrected chi connectivity index (χ2v) is 4.54. The van der Waals surface area contributed by atoms with E-state index < -0.39 is 0 Å². The van der Waals surface area contributed by atoms with E-state index in [1.807, 2.05) is 6.92 Å². The van der Waals surface area contributed by atoms with E-state index in [0.29, 0.717) is 6.10 Å². The van der Waals surface area contributed by atoms with Crippen LogP contribution < -0.4 is 0 Å². The van der Waals surface area contributed by atoms with Gasteiger partial charge in [-0.25, -0.2) is 4.98 Å². The van der Waals surface area contributed by atoms with Gasteiger partial charge < -0.3 is 4.74 Å². The van der Waals surface area contributed by atoms with Crippen LogP contribution in [-0.2, 0) is 10.3 Å². The Bertz CT molecular complexity index is 322. The van der Waals surface area contributed by atoms with Crippen LogP contribution in [0.15, 0.2) is 5.38 Å². The Morgan fingerprint density at radius 3 is 3.17 bits per heavy atom. The largest absolute Gasteiger partial charge is 0.358 e. The number of hydrogen-bond donors (Lipinski definition) is 0. The van der Waals surface area contributed by atoms with E-state index in [1.165, 1.54) is 24.3 Å². The number of thiazole rings is 1. The van der Waals surface area contributed by atoms with Crippen LogP contribution in [0, 0.1) is 6.92 Å². The van der Waals surface area contributed by atoms with Crippen molar-refractivity contribution in [2.45, 2.75) is 37.9 Å². The molecule has 0 bridgehead atoms. The van der Waals surface area contributed by atoms with Crippen LogP contribution in [0.2, 0.25) is 0 Å². The van der Waals surface area contributed by atoms with Crippen molar-refractivity contribution in [1.82, 2.24) is 4.98 Å². The fourth-order valence-electron chi connectivity index (χ4n) is 2.13. The number of hydrogen-bond acceptors (Lipinski definition) is 3. The zero-order valence-corrected chi connectivity index (χ0v) is 7.86. The summed E-state index contributed by atoms with van der Waals surface area (Å²) >= 11 is 1.75. The maximum atomic E-state index is 5.69. The second kappa shape index (κ2) is 2.09. The molecule has 1 aromatic heterocycles. The predicted molar refractivity (Wildman–Crippen MR) is 47.3 cm³/mol. The van der Waals surface area contributed by atoms with Crippen molar-refractivity contribution in [2.75, 3.05) is 0 Å². The van der Waals surface area contributed by atoms with Gasteiger partial charge in [-0.1, -0.05) is 0 Å². The molecule has 0 amide bonds. The first kappa shape index (κ1) is 7.04. The number of epoxide rings is 1. The molecule has 2 atom stereocenters. The van der Waals surface area contributed by atoms with Crippen LogP contribution in [0.1, 0.15) is 30.0 Å². The summed E-state index contributed by atoms with van der Waals surface area (Å²) in [6.45, 7) is 2.04. The Labute approximate surface area is 75.6 Å². The highest BCUT2D eigenvalue weighted by molar-refractivity contribution is 7.09. The van der Waals surface area contributed by atoms with Gasteiger partial charge in [0.15, 0.2) is 0 Å². The van der Waals surface area contributed by atoms with Crippen molar-refractivity contribution in [1.29, 1.82) is 0 Å². The number of fused-ring (bicyclic) bond motifs is 1. The third-order valence-electron chi connectivity index (χ3n) is 2.81. The van der Waals surface area contributed by atoms with E-state index in [9.17, 15) is 0 Å². The number of ether oxygens (including phenoxy) is 1. The molecular weight excluding hydrogens is 170 g/mol. The molecule has 2 aliphatic rings. The molecule has 0 N–H and O–H groups in total. The molecular formula is C9H11NOS. The molecule has 0 aromatic carbocycles. The lowest BCUT2D eigenvalue weighted by Gasteiger charge is -2.02. The fraction of sp³-hybridized carbons (Fsp3) is 0.667. The Morgan fingerprint density at radius 1 is 1.75 bits per heavy atom.